The van der Waals surface area contributed by atoms with Crippen LogP contribution in [-0.2, 0) is 12.0 Å². The number of anilines is 2. The number of hydrogen-bond donors (Lipinski definition) is 3. The van der Waals surface area contributed by atoms with Gasteiger partial charge in [-0.2, -0.15) is 0 Å². The molecule has 0 unspecified atom stereocenters. The third kappa shape index (κ3) is 6.60. The second kappa shape index (κ2) is 12.0. The minimum Gasteiger partial charge on any atom is -0.494 e. The number of ether oxygens (including phenoxy) is 1. The van der Waals surface area contributed by atoms with Gasteiger partial charge in [-0.1, -0.05) is 45.0 Å². The van der Waals surface area contributed by atoms with Gasteiger partial charge >= 0.3 is 0 Å². The lowest BCUT2D eigenvalue weighted by Crippen LogP contribution is -2.40. The Hall–Kier alpha value is -3.46. The molecular formula is C27H31ClN4O3S. The topological polar surface area (TPSA) is 111 Å². The average Bonchev–Trinajstić information content (AvgIpc) is 2.84. The first-order valence-corrected chi connectivity index (χ1v) is 11.5. The standard InChI is InChI=1S/C27H30N4O3S.ClH/c1-27(2,3)20-11-9-19(10-12-20)25(33)31(26(29)35)21-13-14-22(23(15-21)34-4)30-24(32)18-7-5-17(16-28)6-8-18;/h5-15H,16,28H2,1-4H3,(H2,29,35)(H,30,32);1H. The van der Waals surface area contributed by atoms with Gasteiger partial charge in [0, 0.05) is 23.7 Å². The third-order valence-electron chi connectivity index (χ3n) is 5.56. The predicted molar refractivity (Wildman–Crippen MR) is 151 cm³/mol. The number of carbonyl (C=O) groups is 2. The lowest BCUT2D eigenvalue weighted by molar-refractivity contribution is 0.0999. The monoisotopic (exact) mass is 526 g/mol. The molecule has 0 radical (unpaired) electrons. The highest BCUT2D eigenvalue weighted by Gasteiger charge is 2.23. The van der Waals surface area contributed by atoms with E-state index in [9.17, 15) is 9.59 Å². The molecule has 0 aliphatic rings. The maximum absolute atomic E-state index is 13.3. The Labute approximate surface area is 223 Å². The first kappa shape index (κ1) is 28.8. The summed E-state index contributed by atoms with van der Waals surface area (Å²) >= 11 is 5.19. The van der Waals surface area contributed by atoms with Crippen LogP contribution in [0.1, 0.15) is 52.6 Å². The van der Waals surface area contributed by atoms with Crippen molar-refractivity contribution in [2.75, 3.05) is 17.3 Å². The Kier molecular flexibility index (Phi) is 9.58. The van der Waals surface area contributed by atoms with E-state index in [4.69, 9.17) is 28.4 Å². The average molecular weight is 527 g/mol. The van der Waals surface area contributed by atoms with Crippen LogP contribution in [0.15, 0.2) is 66.7 Å². The highest BCUT2D eigenvalue weighted by Crippen LogP contribution is 2.31. The van der Waals surface area contributed by atoms with E-state index in [0.29, 0.717) is 34.8 Å². The first-order chi connectivity index (χ1) is 16.5. The molecule has 2 amide bonds. The van der Waals surface area contributed by atoms with Crippen molar-refractivity contribution in [3.8, 4) is 5.75 Å². The van der Waals surface area contributed by atoms with E-state index in [-0.39, 0.29) is 34.7 Å². The summed E-state index contributed by atoms with van der Waals surface area (Å²) in [4.78, 5) is 27.2. The molecular weight excluding hydrogens is 496 g/mol. The molecule has 0 aromatic heterocycles. The van der Waals surface area contributed by atoms with Gasteiger partial charge in [-0.05, 0) is 65.2 Å². The van der Waals surface area contributed by atoms with Crippen LogP contribution in [0, 0.1) is 0 Å². The zero-order valence-electron chi connectivity index (χ0n) is 20.7. The molecule has 190 valence electrons. The normalized spacial score (nSPS) is 10.7. The van der Waals surface area contributed by atoms with Crippen LogP contribution < -0.4 is 26.4 Å². The number of benzene rings is 3. The molecule has 0 heterocycles. The molecule has 0 fully saturated rings. The van der Waals surface area contributed by atoms with E-state index in [1.54, 1.807) is 54.6 Å². The summed E-state index contributed by atoms with van der Waals surface area (Å²) < 4.78 is 5.47. The van der Waals surface area contributed by atoms with Gasteiger partial charge in [0.1, 0.15) is 5.75 Å². The second-order valence-corrected chi connectivity index (χ2v) is 9.46. The van der Waals surface area contributed by atoms with Crippen molar-refractivity contribution < 1.29 is 14.3 Å². The van der Waals surface area contributed by atoms with Crippen LogP contribution in [0.5, 0.6) is 5.75 Å². The van der Waals surface area contributed by atoms with Crippen LogP contribution in [0.25, 0.3) is 0 Å². The summed E-state index contributed by atoms with van der Waals surface area (Å²) in [5.41, 5.74) is 15.3. The smallest absolute Gasteiger partial charge is 0.264 e. The highest BCUT2D eigenvalue weighted by molar-refractivity contribution is 7.80. The van der Waals surface area contributed by atoms with Gasteiger partial charge in [0.2, 0.25) is 0 Å². The summed E-state index contributed by atoms with van der Waals surface area (Å²) in [6.07, 6.45) is 0. The number of nitrogens with zero attached hydrogens (tertiary/aromatic N) is 1. The van der Waals surface area contributed by atoms with Crippen molar-refractivity contribution in [2.24, 2.45) is 11.5 Å². The summed E-state index contributed by atoms with van der Waals surface area (Å²) in [7, 11) is 1.48. The largest absolute Gasteiger partial charge is 0.494 e. The van der Waals surface area contributed by atoms with Crippen molar-refractivity contribution in [1.82, 2.24) is 0 Å². The van der Waals surface area contributed by atoms with Crippen LogP contribution in [-0.4, -0.2) is 24.0 Å². The minimum absolute atomic E-state index is 0. The van der Waals surface area contributed by atoms with Gasteiger partial charge in [-0.25, -0.2) is 0 Å². The Morgan fingerprint density at radius 3 is 2.06 bits per heavy atom. The number of halogens is 1. The molecule has 0 saturated carbocycles. The van der Waals surface area contributed by atoms with Gasteiger partial charge in [-0.15, -0.1) is 12.4 Å². The fourth-order valence-electron chi connectivity index (χ4n) is 3.50. The molecule has 3 aromatic carbocycles. The van der Waals surface area contributed by atoms with Gasteiger partial charge in [0.15, 0.2) is 5.11 Å². The molecule has 0 bridgehead atoms. The number of thiocarbonyl (C=S) groups is 1. The van der Waals surface area contributed by atoms with E-state index in [0.717, 1.165) is 11.1 Å². The van der Waals surface area contributed by atoms with Crippen molar-refractivity contribution >= 4 is 52.9 Å². The van der Waals surface area contributed by atoms with Crippen LogP contribution in [0.3, 0.4) is 0 Å². The maximum Gasteiger partial charge on any atom is 0.264 e. The Bertz CT molecular complexity index is 1240. The molecule has 3 rings (SSSR count). The molecule has 7 nitrogen and oxygen atoms in total. The summed E-state index contributed by atoms with van der Waals surface area (Å²) in [5.74, 6) is -0.316. The molecule has 0 aliphatic carbocycles. The van der Waals surface area contributed by atoms with Crippen molar-refractivity contribution in [1.29, 1.82) is 0 Å². The number of amides is 2. The lowest BCUT2D eigenvalue weighted by atomic mass is 9.86. The van der Waals surface area contributed by atoms with Gasteiger partial charge in [0.25, 0.3) is 11.8 Å². The maximum atomic E-state index is 13.3. The zero-order chi connectivity index (χ0) is 25.8. The predicted octanol–water partition coefficient (Wildman–Crippen LogP) is 5.02. The van der Waals surface area contributed by atoms with Gasteiger partial charge in [-0.3, -0.25) is 14.5 Å². The second-order valence-electron chi connectivity index (χ2n) is 9.05. The molecule has 0 saturated heterocycles. The fraction of sp³-hybridized carbons (Fsp3) is 0.222. The van der Waals surface area contributed by atoms with Crippen LogP contribution in [0.2, 0.25) is 0 Å². The van der Waals surface area contributed by atoms with Crippen LogP contribution in [0.4, 0.5) is 11.4 Å². The third-order valence-corrected chi connectivity index (χ3v) is 5.75. The minimum atomic E-state index is -0.364. The molecule has 0 aliphatic heterocycles. The van der Waals surface area contributed by atoms with Crippen molar-refractivity contribution in [3.63, 3.8) is 0 Å². The number of nitrogens with one attached hydrogen (secondary N) is 1. The molecule has 0 spiro atoms. The summed E-state index contributed by atoms with van der Waals surface area (Å²) in [6, 6.07) is 19.3. The SMILES string of the molecule is COc1cc(N(C(=O)c2ccc(C(C)(C)C)cc2)C(N)=S)ccc1NC(=O)c1ccc(CN)cc1.Cl. The fourth-order valence-corrected chi connectivity index (χ4v) is 3.68. The van der Waals surface area contributed by atoms with Crippen molar-refractivity contribution in [3.05, 3.63) is 89.0 Å². The molecule has 36 heavy (non-hydrogen) atoms. The molecule has 5 N–H and O–H groups in total. The Morgan fingerprint density at radius 2 is 1.56 bits per heavy atom. The van der Waals surface area contributed by atoms with Gasteiger partial charge < -0.3 is 21.5 Å². The number of nitrogens with two attached hydrogens (primary N) is 2. The van der Waals surface area contributed by atoms with Crippen molar-refractivity contribution in [2.45, 2.75) is 32.7 Å². The summed E-state index contributed by atoms with van der Waals surface area (Å²) in [5, 5.41) is 2.73. The number of hydrogen-bond acceptors (Lipinski definition) is 5. The highest BCUT2D eigenvalue weighted by atomic mass is 35.5. The van der Waals surface area contributed by atoms with E-state index in [1.165, 1.54) is 12.0 Å². The Morgan fingerprint density at radius 1 is 0.972 bits per heavy atom. The van der Waals surface area contributed by atoms with Gasteiger partial charge in [0.05, 0.1) is 18.5 Å². The van der Waals surface area contributed by atoms with E-state index < -0.39 is 0 Å². The lowest BCUT2D eigenvalue weighted by Gasteiger charge is -2.23. The Balaban J connectivity index is 0.00000456. The number of rotatable bonds is 6. The van der Waals surface area contributed by atoms with E-state index in [1.807, 2.05) is 12.1 Å². The number of carbonyl (C=O) groups excluding carboxylic acids is 2. The summed E-state index contributed by atoms with van der Waals surface area (Å²) in [6.45, 7) is 6.71. The van der Waals surface area contributed by atoms with E-state index >= 15 is 0 Å². The quantitative estimate of drug-likeness (QED) is 0.389. The molecule has 9 heteroatoms. The zero-order valence-corrected chi connectivity index (χ0v) is 22.3. The van der Waals surface area contributed by atoms with Crippen LogP contribution >= 0.6 is 24.6 Å². The number of methoxy groups -OCH3 is 1. The molecule has 0 atom stereocenters. The molecule has 3 aromatic rings. The first-order valence-electron chi connectivity index (χ1n) is 11.1. The van der Waals surface area contributed by atoms with E-state index in [2.05, 4.69) is 26.1 Å².